The van der Waals surface area contributed by atoms with E-state index in [9.17, 15) is 0 Å². The molecule has 2 nitrogen and oxygen atoms in total. The molecule has 0 radical (unpaired) electrons. The standard InChI is InChI=1S/C14H16N2.ClH/c1-2-13-9-11(3-4-14(13)16-6-1)8-12-5-7-15-10-12;/h1-4,6,9,12,15H,5,7-8,10H2;1H. The third-order valence-electron chi connectivity index (χ3n) is 3.35. The highest BCUT2D eigenvalue weighted by atomic mass is 35.5. The van der Waals surface area contributed by atoms with Gasteiger partial charge in [-0.2, -0.15) is 0 Å². The van der Waals surface area contributed by atoms with Crippen molar-refractivity contribution in [3.8, 4) is 0 Å². The van der Waals surface area contributed by atoms with Gasteiger partial charge in [-0.15, -0.1) is 12.4 Å². The summed E-state index contributed by atoms with van der Waals surface area (Å²) in [7, 11) is 0. The molecule has 1 saturated heterocycles. The molecule has 3 rings (SSSR count). The van der Waals surface area contributed by atoms with Crippen molar-refractivity contribution in [3.63, 3.8) is 0 Å². The first-order valence-electron chi connectivity index (χ1n) is 5.96. The van der Waals surface area contributed by atoms with E-state index in [1.165, 1.54) is 36.9 Å². The average molecular weight is 249 g/mol. The summed E-state index contributed by atoms with van der Waals surface area (Å²) in [4.78, 5) is 4.34. The first-order chi connectivity index (χ1) is 7.92. The number of benzene rings is 1. The van der Waals surface area contributed by atoms with Crippen molar-refractivity contribution in [2.45, 2.75) is 12.8 Å². The monoisotopic (exact) mass is 248 g/mol. The summed E-state index contributed by atoms with van der Waals surface area (Å²) < 4.78 is 0. The van der Waals surface area contributed by atoms with E-state index in [1.807, 2.05) is 12.3 Å². The van der Waals surface area contributed by atoms with Crippen molar-refractivity contribution in [1.82, 2.24) is 10.3 Å². The molecule has 0 amide bonds. The first kappa shape index (κ1) is 12.3. The molecule has 2 heterocycles. The smallest absolute Gasteiger partial charge is 0.0702 e. The maximum absolute atomic E-state index is 4.34. The van der Waals surface area contributed by atoms with Crippen molar-refractivity contribution in [2.75, 3.05) is 13.1 Å². The van der Waals surface area contributed by atoms with Crippen LogP contribution in [0.4, 0.5) is 0 Å². The number of nitrogens with one attached hydrogen (secondary N) is 1. The van der Waals surface area contributed by atoms with Gasteiger partial charge in [0.15, 0.2) is 0 Å². The van der Waals surface area contributed by atoms with Crippen molar-refractivity contribution < 1.29 is 0 Å². The van der Waals surface area contributed by atoms with Gasteiger partial charge < -0.3 is 5.32 Å². The SMILES string of the molecule is Cl.c1cnc2ccc(CC3CCNC3)cc2c1. The van der Waals surface area contributed by atoms with E-state index in [0.29, 0.717) is 0 Å². The Hall–Kier alpha value is -1.12. The molecule has 1 aliphatic heterocycles. The molecule has 1 aromatic heterocycles. The van der Waals surface area contributed by atoms with Gasteiger partial charge in [0.05, 0.1) is 5.52 Å². The van der Waals surface area contributed by atoms with Crippen LogP contribution >= 0.6 is 12.4 Å². The number of halogens is 1. The van der Waals surface area contributed by atoms with Crippen LogP contribution in [0, 0.1) is 5.92 Å². The lowest BCUT2D eigenvalue weighted by Gasteiger charge is -2.08. The molecule has 1 N–H and O–H groups in total. The number of rotatable bonds is 2. The molecule has 0 aliphatic carbocycles. The van der Waals surface area contributed by atoms with Crippen molar-refractivity contribution in [3.05, 3.63) is 42.1 Å². The lowest BCUT2D eigenvalue weighted by Crippen LogP contribution is -2.10. The van der Waals surface area contributed by atoms with Gasteiger partial charge in [0.25, 0.3) is 0 Å². The Bertz CT molecular complexity index is 492. The summed E-state index contributed by atoms with van der Waals surface area (Å²) in [5.74, 6) is 0.814. The Labute approximate surface area is 108 Å². The number of hydrogen-bond acceptors (Lipinski definition) is 2. The number of hydrogen-bond donors (Lipinski definition) is 1. The largest absolute Gasteiger partial charge is 0.316 e. The second-order valence-corrected chi connectivity index (χ2v) is 4.59. The lowest BCUT2D eigenvalue weighted by molar-refractivity contribution is 0.580. The highest BCUT2D eigenvalue weighted by molar-refractivity contribution is 5.85. The molecule has 2 aromatic rings. The Balaban J connectivity index is 0.00000108. The van der Waals surface area contributed by atoms with Crippen LogP contribution in [0.3, 0.4) is 0 Å². The van der Waals surface area contributed by atoms with Gasteiger partial charge in [0.2, 0.25) is 0 Å². The highest BCUT2D eigenvalue weighted by Gasteiger charge is 2.14. The van der Waals surface area contributed by atoms with E-state index < -0.39 is 0 Å². The second kappa shape index (κ2) is 5.48. The predicted octanol–water partition coefficient (Wildman–Crippen LogP) is 2.81. The van der Waals surface area contributed by atoms with E-state index in [4.69, 9.17) is 0 Å². The zero-order valence-electron chi connectivity index (χ0n) is 9.73. The molecule has 90 valence electrons. The Morgan fingerprint density at radius 2 is 2.24 bits per heavy atom. The van der Waals surface area contributed by atoms with Crippen LogP contribution in [-0.2, 0) is 6.42 Å². The Kier molecular flexibility index (Phi) is 3.97. The minimum atomic E-state index is 0. The van der Waals surface area contributed by atoms with Crippen LogP contribution in [0.25, 0.3) is 10.9 Å². The fraction of sp³-hybridized carbons (Fsp3) is 0.357. The van der Waals surface area contributed by atoms with E-state index in [2.05, 4.69) is 34.6 Å². The van der Waals surface area contributed by atoms with Gasteiger partial charge in [-0.05, 0) is 55.6 Å². The molecule has 17 heavy (non-hydrogen) atoms. The molecule has 0 spiro atoms. The normalized spacial score (nSPS) is 19.2. The van der Waals surface area contributed by atoms with Gasteiger partial charge in [-0.3, -0.25) is 4.98 Å². The molecular weight excluding hydrogens is 232 g/mol. The summed E-state index contributed by atoms with van der Waals surface area (Å²) in [5, 5.41) is 4.67. The first-order valence-corrected chi connectivity index (χ1v) is 5.96. The topological polar surface area (TPSA) is 24.9 Å². The van der Waals surface area contributed by atoms with E-state index in [-0.39, 0.29) is 12.4 Å². The third-order valence-corrected chi connectivity index (χ3v) is 3.35. The fourth-order valence-electron chi connectivity index (χ4n) is 2.47. The van der Waals surface area contributed by atoms with E-state index >= 15 is 0 Å². The maximum Gasteiger partial charge on any atom is 0.0702 e. The molecule has 1 fully saturated rings. The molecular formula is C14H17ClN2. The van der Waals surface area contributed by atoms with Crippen LogP contribution in [0.15, 0.2) is 36.5 Å². The van der Waals surface area contributed by atoms with Gasteiger partial charge in [-0.25, -0.2) is 0 Å². The minimum absolute atomic E-state index is 0. The predicted molar refractivity (Wildman–Crippen MR) is 73.7 cm³/mol. The molecule has 0 saturated carbocycles. The van der Waals surface area contributed by atoms with Crippen molar-refractivity contribution in [1.29, 1.82) is 0 Å². The number of nitrogens with zero attached hydrogens (tertiary/aromatic N) is 1. The summed E-state index contributed by atoms with van der Waals surface area (Å²) in [6.45, 7) is 2.35. The molecule has 3 heteroatoms. The van der Waals surface area contributed by atoms with Crippen molar-refractivity contribution in [2.24, 2.45) is 5.92 Å². The average Bonchev–Trinajstić information content (AvgIpc) is 2.82. The quantitative estimate of drug-likeness (QED) is 0.884. The molecule has 0 bridgehead atoms. The van der Waals surface area contributed by atoms with Gasteiger partial charge in [0.1, 0.15) is 0 Å². The zero-order chi connectivity index (χ0) is 10.8. The zero-order valence-corrected chi connectivity index (χ0v) is 10.5. The summed E-state index contributed by atoms with van der Waals surface area (Å²) in [6.07, 6.45) is 4.35. The number of aromatic nitrogens is 1. The highest BCUT2D eigenvalue weighted by Crippen LogP contribution is 2.19. The van der Waals surface area contributed by atoms with Crippen LogP contribution in [0.5, 0.6) is 0 Å². The van der Waals surface area contributed by atoms with E-state index in [0.717, 1.165) is 11.4 Å². The molecule has 1 aromatic carbocycles. The third kappa shape index (κ3) is 2.76. The number of fused-ring (bicyclic) bond motifs is 1. The second-order valence-electron chi connectivity index (χ2n) is 4.59. The van der Waals surface area contributed by atoms with Crippen LogP contribution < -0.4 is 5.32 Å². The Morgan fingerprint density at radius 1 is 1.29 bits per heavy atom. The van der Waals surface area contributed by atoms with E-state index in [1.54, 1.807) is 0 Å². The van der Waals surface area contributed by atoms with Crippen LogP contribution in [-0.4, -0.2) is 18.1 Å². The van der Waals surface area contributed by atoms with Gasteiger partial charge in [0, 0.05) is 11.6 Å². The van der Waals surface area contributed by atoms with Crippen LogP contribution in [0.1, 0.15) is 12.0 Å². The molecule has 1 unspecified atom stereocenters. The lowest BCUT2D eigenvalue weighted by atomic mass is 9.97. The fourth-order valence-corrected chi connectivity index (χ4v) is 2.47. The van der Waals surface area contributed by atoms with Gasteiger partial charge >= 0.3 is 0 Å². The Morgan fingerprint density at radius 3 is 3.06 bits per heavy atom. The maximum atomic E-state index is 4.34. The molecule has 1 atom stereocenters. The van der Waals surface area contributed by atoms with Crippen molar-refractivity contribution >= 4 is 23.3 Å². The summed E-state index contributed by atoms with van der Waals surface area (Å²) >= 11 is 0. The molecule has 1 aliphatic rings. The number of pyridine rings is 1. The minimum Gasteiger partial charge on any atom is -0.316 e. The summed E-state index contributed by atoms with van der Waals surface area (Å²) in [5.41, 5.74) is 2.53. The summed E-state index contributed by atoms with van der Waals surface area (Å²) in [6, 6.07) is 10.8. The van der Waals surface area contributed by atoms with Crippen LogP contribution in [0.2, 0.25) is 0 Å². The van der Waals surface area contributed by atoms with Gasteiger partial charge in [-0.1, -0.05) is 12.1 Å².